The fraction of sp³-hybridized carbons (Fsp3) is 0.533. The molecule has 0 bridgehead atoms. The number of hydrogen-bond acceptors (Lipinski definition) is 4. The normalized spacial score (nSPS) is 12.5. The molecule has 4 heteroatoms. The average molecular weight is 265 g/mol. The first kappa shape index (κ1) is 15.5. The zero-order valence-electron chi connectivity index (χ0n) is 11.9. The molecule has 0 aliphatic rings. The number of rotatable bonds is 7. The van der Waals surface area contributed by atoms with Gasteiger partial charge in [-0.1, -0.05) is 31.1 Å². The summed E-state index contributed by atoms with van der Waals surface area (Å²) in [5.41, 5.74) is 0.975. The van der Waals surface area contributed by atoms with E-state index in [1.54, 1.807) is 6.92 Å². The molecule has 1 rings (SSSR count). The SMILES string of the molecule is CCC(O)(CC)COc1ccc(C/C(C)=N/O)cc1. The molecule has 0 heterocycles. The van der Waals surface area contributed by atoms with Crippen LogP contribution in [0.2, 0.25) is 0 Å². The Bertz CT molecular complexity index is 408. The summed E-state index contributed by atoms with van der Waals surface area (Å²) in [5, 5.41) is 21.9. The van der Waals surface area contributed by atoms with Gasteiger partial charge in [0.1, 0.15) is 12.4 Å². The number of hydrogen-bond donors (Lipinski definition) is 2. The van der Waals surface area contributed by atoms with Crippen LogP contribution < -0.4 is 4.74 Å². The van der Waals surface area contributed by atoms with Crippen LogP contribution >= 0.6 is 0 Å². The lowest BCUT2D eigenvalue weighted by Gasteiger charge is -2.25. The summed E-state index contributed by atoms with van der Waals surface area (Å²) in [6, 6.07) is 7.60. The van der Waals surface area contributed by atoms with Gasteiger partial charge in [-0.15, -0.1) is 0 Å². The topological polar surface area (TPSA) is 62.0 Å². The van der Waals surface area contributed by atoms with Crippen molar-refractivity contribution in [1.82, 2.24) is 0 Å². The predicted molar refractivity (Wildman–Crippen MR) is 76.1 cm³/mol. The van der Waals surface area contributed by atoms with E-state index in [-0.39, 0.29) is 0 Å². The lowest BCUT2D eigenvalue weighted by atomic mass is 9.99. The van der Waals surface area contributed by atoms with Crippen LogP contribution in [-0.4, -0.2) is 28.2 Å². The second-order valence-corrected chi connectivity index (χ2v) is 4.88. The van der Waals surface area contributed by atoms with Crippen molar-refractivity contribution in [3.8, 4) is 5.75 Å². The molecule has 1 aromatic rings. The molecule has 0 saturated heterocycles. The van der Waals surface area contributed by atoms with Crippen molar-refractivity contribution in [3.05, 3.63) is 29.8 Å². The second kappa shape index (κ2) is 7.14. The van der Waals surface area contributed by atoms with E-state index in [9.17, 15) is 5.11 Å². The first-order chi connectivity index (χ1) is 9.03. The number of benzene rings is 1. The summed E-state index contributed by atoms with van der Waals surface area (Å²) in [6.07, 6.45) is 1.96. The molecule has 0 aliphatic heterocycles. The first-order valence-electron chi connectivity index (χ1n) is 6.64. The monoisotopic (exact) mass is 265 g/mol. The summed E-state index contributed by atoms with van der Waals surface area (Å²) in [7, 11) is 0. The third-order valence-corrected chi connectivity index (χ3v) is 3.38. The van der Waals surface area contributed by atoms with Gasteiger partial charge in [0.25, 0.3) is 0 Å². The van der Waals surface area contributed by atoms with Crippen LogP contribution in [0.5, 0.6) is 5.75 Å². The molecule has 0 aliphatic carbocycles. The van der Waals surface area contributed by atoms with Crippen molar-refractivity contribution in [2.24, 2.45) is 5.16 Å². The van der Waals surface area contributed by atoms with Crippen LogP contribution in [0.4, 0.5) is 0 Å². The summed E-state index contributed by atoms with van der Waals surface area (Å²) >= 11 is 0. The standard InChI is InChI=1S/C15H23NO3/c1-4-15(17,5-2)11-19-14-8-6-13(7-9-14)10-12(3)16-18/h6-9,17-18H,4-5,10-11H2,1-3H3/b16-12+. The number of aliphatic hydroxyl groups is 1. The molecule has 19 heavy (non-hydrogen) atoms. The smallest absolute Gasteiger partial charge is 0.119 e. The molecule has 4 nitrogen and oxygen atoms in total. The minimum absolute atomic E-state index is 0.302. The Morgan fingerprint density at radius 3 is 2.26 bits per heavy atom. The Morgan fingerprint density at radius 2 is 1.79 bits per heavy atom. The lowest BCUT2D eigenvalue weighted by molar-refractivity contribution is -0.0113. The molecule has 1 aromatic carbocycles. The maximum atomic E-state index is 10.1. The molecule has 2 N–H and O–H groups in total. The van der Waals surface area contributed by atoms with Crippen molar-refractivity contribution in [2.75, 3.05) is 6.61 Å². The van der Waals surface area contributed by atoms with Crippen LogP contribution in [0.3, 0.4) is 0 Å². The van der Waals surface area contributed by atoms with E-state index in [2.05, 4.69) is 5.16 Å². The van der Waals surface area contributed by atoms with E-state index < -0.39 is 5.60 Å². The summed E-state index contributed by atoms with van der Waals surface area (Å²) in [5.74, 6) is 0.739. The van der Waals surface area contributed by atoms with Crippen LogP contribution in [0.15, 0.2) is 29.4 Å². The van der Waals surface area contributed by atoms with Crippen LogP contribution in [0, 0.1) is 0 Å². The molecule has 0 unspecified atom stereocenters. The largest absolute Gasteiger partial charge is 0.491 e. The maximum Gasteiger partial charge on any atom is 0.119 e. The zero-order chi connectivity index (χ0) is 14.3. The van der Waals surface area contributed by atoms with Crippen molar-refractivity contribution < 1.29 is 15.1 Å². The third kappa shape index (κ3) is 4.91. The fourth-order valence-corrected chi connectivity index (χ4v) is 1.71. The van der Waals surface area contributed by atoms with Crippen LogP contribution in [-0.2, 0) is 6.42 Å². The third-order valence-electron chi connectivity index (χ3n) is 3.38. The van der Waals surface area contributed by atoms with Crippen LogP contribution in [0.25, 0.3) is 0 Å². The van der Waals surface area contributed by atoms with Gasteiger partial charge < -0.3 is 15.1 Å². The van der Waals surface area contributed by atoms with E-state index in [0.29, 0.717) is 31.6 Å². The Balaban J connectivity index is 2.57. The average Bonchev–Trinajstić information content (AvgIpc) is 2.46. The minimum atomic E-state index is -0.751. The molecular formula is C15H23NO3. The van der Waals surface area contributed by atoms with Crippen molar-refractivity contribution in [1.29, 1.82) is 0 Å². The van der Waals surface area contributed by atoms with Crippen molar-refractivity contribution >= 4 is 5.71 Å². The van der Waals surface area contributed by atoms with Gasteiger partial charge in [0.15, 0.2) is 0 Å². The van der Waals surface area contributed by atoms with Gasteiger partial charge in [-0.25, -0.2) is 0 Å². The highest BCUT2D eigenvalue weighted by Crippen LogP contribution is 2.19. The van der Waals surface area contributed by atoms with Gasteiger partial charge >= 0.3 is 0 Å². The summed E-state index contributed by atoms with van der Waals surface area (Å²) in [6.45, 7) is 5.98. The molecule has 0 aromatic heterocycles. The van der Waals surface area contributed by atoms with Gasteiger partial charge in [-0.05, 0) is 37.5 Å². The van der Waals surface area contributed by atoms with Gasteiger partial charge in [0, 0.05) is 6.42 Å². The molecule has 0 fully saturated rings. The molecule has 0 atom stereocenters. The molecule has 0 saturated carbocycles. The van der Waals surface area contributed by atoms with Gasteiger partial charge in [-0.3, -0.25) is 0 Å². The van der Waals surface area contributed by atoms with E-state index in [0.717, 1.165) is 11.3 Å². The number of nitrogens with zero attached hydrogens (tertiary/aromatic N) is 1. The summed E-state index contributed by atoms with van der Waals surface area (Å²) < 4.78 is 5.61. The lowest BCUT2D eigenvalue weighted by Crippen LogP contribution is -2.34. The first-order valence-corrected chi connectivity index (χ1v) is 6.64. The number of ether oxygens (including phenoxy) is 1. The van der Waals surface area contributed by atoms with E-state index >= 15 is 0 Å². The van der Waals surface area contributed by atoms with Gasteiger partial charge in [0.2, 0.25) is 0 Å². The second-order valence-electron chi connectivity index (χ2n) is 4.88. The van der Waals surface area contributed by atoms with E-state index in [4.69, 9.17) is 9.94 Å². The highest BCUT2D eigenvalue weighted by Gasteiger charge is 2.22. The van der Waals surface area contributed by atoms with Crippen molar-refractivity contribution in [3.63, 3.8) is 0 Å². The Morgan fingerprint density at radius 1 is 1.21 bits per heavy atom. The molecule has 0 radical (unpaired) electrons. The summed E-state index contributed by atoms with van der Waals surface area (Å²) in [4.78, 5) is 0. The predicted octanol–water partition coefficient (Wildman–Crippen LogP) is 3.01. The maximum absolute atomic E-state index is 10.1. The zero-order valence-corrected chi connectivity index (χ0v) is 11.9. The quantitative estimate of drug-likeness (QED) is 0.452. The van der Waals surface area contributed by atoms with Gasteiger partial charge in [-0.2, -0.15) is 0 Å². The molecule has 106 valence electrons. The van der Waals surface area contributed by atoms with E-state index in [1.165, 1.54) is 0 Å². The Kier molecular flexibility index (Phi) is 5.83. The van der Waals surface area contributed by atoms with Crippen molar-refractivity contribution in [2.45, 2.75) is 45.6 Å². The fourth-order valence-electron chi connectivity index (χ4n) is 1.71. The highest BCUT2D eigenvalue weighted by atomic mass is 16.5. The molecule has 0 spiro atoms. The van der Waals surface area contributed by atoms with Crippen LogP contribution in [0.1, 0.15) is 39.2 Å². The molecular weight excluding hydrogens is 242 g/mol. The Labute approximate surface area is 114 Å². The number of oxime groups is 1. The minimum Gasteiger partial charge on any atom is -0.491 e. The van der Waals surface area contributed by atoms with Gasteiger partial charge in [0.05, 0.1) is 11.3 Å². The molecule has 0 amide bonds. The van der Waals surface area contributed by atoms with E-state index in [1.807, 2.05) is 38.1 Å². The highest BCUT2D eigenvalue weighted by molar-refractivity contribution is 5.83. The Hall–Kier alpha value is -1.55.